The van der Waals surface area contributed by atoms with E-state index in [1.807, 2.05) is 0 Å². The second-order valence-corrected chi connectivity index (χ2v) is 6.99. The second kappa shape index (κ2) is 7.30. The standard InChI is InChI=1S/C13H22N4O4S/c1-12(2,3)7(9(18)19)14-16-11(22)17-15-8(10(20)21)13(4,5)6/h1-6H3,(H,18,19)(H,20,21)(H2,16,17,22)/b14-7+,15-8+. The van der Waals surface area contributed by atoms with E-state index in [4.69, 9.17) is 22.4 Å². The van der Waals surface area contributed by atoms with Gasteiger partial charge in [-0.1, -0.05) is 41.5 Å². The fourth-order valence-electron chi connectivity index (χ4n) is 1.31. The Hall–Kier alpha value is -2.03. The van der Waals surface area contributed by atoms with E-state index in [2.05, 4.69) is 21.1 Å². The third-order valence-corrected chi connectivity index (χ3v) is 2.55. The smallest absolute Gasteiger partial charge is 0.352 e. The molecule has 0 radical (unpaired) electrons. The Morgan fingerprint density at radius 1 is 0.818 bits per heavy atom. The van der Waals surface area contributed by atoms with Gasteiger partial charge in [0, 0.05) is 10.8 Å². The van der Waals surface area contributed by atoms with Crippen LogP contribution >= 0.6 is 12.2 Å². The predicted octanol–water partition coefficient (Wildman–Crippen LogP) is 1.42. The maximum atomic E-state index is 11.1. The van der Waals surface area contributed by atoms with Gasteiger partial charge in [0.1, 0.15) is 0 Å². The summed E-state index contributed by atoms with van der Waals surface area (Å²) < 4.78 is 0. The molecule has 0 aromatic heterocycles. The molecular weight excluding hydrogens is 308 g/mol. The van der Waals surface area contributed by atoms with E-state index < -0.39 is 22.8 Å². The Kier molecular flexibility index (Phi) is 6.63. The third kappa shape index (κ3) is 6.61. The summed E-state index contributed by atoms with van der Waals surface area (Å²) in [5, 5.41) is 25.5. The molecule has 0 unspecified atom stereocenters. The van der Waals surface area contributed by atoms with Gasteiger partial charge in [-0.2, -0.15) is 10.2 Å². The van der Waals surface area contributed by atoms with E-state index >= 15 is 0 Å². The average molecular weight is 330 g/mol. The van der Waals surface area contributed by atoms with Gasteiger partial charge in [-0.05, 0) is 12.2 Å². The molecule has 0 saturated carbocycles. The van der Waals surface area contributed by atoms with Crippen molar-refractivity contribution in [2.24, 2.45) is 21.0 Å². The highest BCUT2D eigenvalue weighted by molar-refractivity contribution is 7.80. The maximum absolute atomic E-state index is 11.1. The van der Waals surface area contributed by atoms with E-state index in [1.54, 1.807) is 41.5 Å². The molecule has 0 aliphatic heterocycles. The highest BCUT2D eigenvalue weighted by atomic mass is 32.1. The van der Waals surface area contributed by atoms with Crippen LogP contribution in [0.1, 0.15) is 41.5 Å². The number of carbonyl (C=O) groups is 2. The molecule has 0 saturated heterocycles. The Labute approximate surface area is 134 Å². The van der Waals surface area contributed by atoms with E-state index in [-0.39, 0.29) is 16.5 Å². The van der Waals surface area contributed by atoms with E-state index in [0.29, 0.717) is 0 Å². The summed E-state index contributed by atoms with van der Waals surface area (Å²) >= 11 is 4.89. The number of thiocarbonyl (C=S) groups is 1. The molecule has 4 N–H and O–H groups in total. The normalized spacial score (nSPS) is 13.5. The van der Waals surface area contributed by atoms with Crippen LogP contribution in [0.2, 0.25) is 0 Å². The lowest BCUT2D eigenvalue weighted by Gasteiger charge is -2.18. The lowest BCUT2D eigenvalue weighted by Crippen LogP contribution is -2.37. The zero-order valence-electron chi connectivity index (χ0n) is 13.5. The summed E-state index contributed by atoms with van der Waals surface area (Å²) in [5.41, 5.74) is 3.09. The highest BCUT2D eigenvalue weighted by Gasteiger charge is 2.27. The van der Waals surface area contributed by atoms with E-state index in [9.17, 15) is 9.59 Å². The van der Waals surface area contributed by atoms with Crippen molar-refractivity contribution in [3.63, 3.8) is 0 Å². The van der Waals surface area contributed by atoms with Gasteiger partial charge in [0.05, 0.1) is 0 Å². The van der Waals surface area contributed by atoms with Crippen LogP contribution in [-0.2, 0) is 9.59 Å². The van der Waals surface area contributed by atoms with Gasteiger partial charge < -0.3 is 10.2 Å². The minimum absolute atomic E-state index is 0.106. The molecule has 8 nitrogen and oxygen atoms in total. The minimum atomic E-state index is -1.17. The zero-order valence-corrected chi connectivity index (χ0v) is 14.3. The number of nitrogens with one attached hydrogen (secondary N) is 2. The molecule has 0 heterocycles. The van der Waals surface area contributed by atoms with Crippen molar-refractivity contribution in [1.29, 1.82) is 0 Å². The Balaban J connectivity index is 5.04. The summed E-state index contributed by atoms with van der Waals surface area (Å²) in [6.45, 7) is 10.2. The lowest BCUT2D eigenvalue weighted by atomic mass is 9.90. The van der Waals surface area contributed by atoms with Crippen LogP contribution in [0.25, 0.3) is 0 Å². The second-order valence-electron chi connectivity index (χ2n) is 6.58. The quantitative estimate of drug-likeness (QED) is 0.349. The van der Waals surface area contributed by atoms with Gasteiger partial charge >= 0.3 is 11.9 Å². The molecule has 0 aromatic rings. The van der Waals surface area contributed by atoms with E-state index in [0.717, 1.165) is 0 Å². The number of carboxylic acids is 2. The number of rotatable bonds is 4. The average Bonchev–Trinajstić information content (AvgIpc) is 2.24. The van der Waals surface area contributed by atoms with Crippen molar-refractivity contribution < 1.29 is 19.8 Å². The van der Waals surface area contributed by atoms with Crippen molar-refractivity contribution in [3.05, 3.63) is 0 Å². The first-order chi connectivity index (χ1) is 9.76. The van der Waals surface area contributed by atoms with Crippen molar-refractivity contribution in [2.45, 2.75) is 41.5 Å². The van der Waals surface area contributed by atoms with Gasteiger partial charge in [0.25, 0.3) is 0 Å². The minimum Gasteiger partial charge on any atom is -0.477 e. The van der Waals surface area contributed by atoms with Gasteiger partial charge in [-0.3, -0.25) is 10.9 Å². The van der Waals surface area contributed by atoms with Crippen molar-refractivity contribution in [3.8, 4) is 0 Å². The Bertz CT molecular complexity index is 481. The monoisotopic (exact) mass is 330 g/mol. The lowest BCUT2D eigenvalue weighted by molar-refractivity contribution is -0.130. The molecule has 0 aromatic carbocycles. The molecule has 0 aliphatic rings. The number of carboxylic acid groups (broad SMARTS) is 2. The van der Waals surface area contributed by atoms with Crippen LogP contribution in [0.15, 0.2) is 10.2 Å². The number of hydrogen-bond donors (Lipinski definition) is 4. The molecule has 0 rings (SSSR count). The third-order valence-electron chi connectivity index (χ3n) is 2.36. The van der Waals surface area contributed by atoms with Gasteiger partial charge in [0.15, 0.2) is 11.4 Å². The van der Waals surface area contributed by atoms with Gasteiger partial charge in [-0.25, -0.2) is 9.59 Å². The molecular formula is C13H22N4O4S. The fourth-order valence-corrected chi connectivity index (χ4v) is 1.40. The largest absolute Gasteiger partial charge is 0.477 e. The van der Waals surface area contributed by atoms with Gasteiger partial charge in [-0.15, -0.1) is 0 Å². The highest BCUT2D eigenvalue weighted by Crippen LogP contribution is 2.16. The first-order valence-corrected chi connectivity index (χ1v) is 6.86. The number of nitrogens with zero attached hydrogens (tertiary/aromatic N) is 2. The van der Waals surface area contributed by atoms with Crippen LogP contribution in [0.3, 0.4) is 0 Å². The molecule has 0 atom stereocenters. The Morgan fingerprint density at radius 2 is 1.09 bits per heavy atom. The summed E-state index contributed by atoms with van der Waals surface area (Å²) in [6, 6.07) is 0. The molecule has 9 heteroatoms. The molecule has 22 heavy (non-hydrogen) atoms. The number of hydrazone groups is 2. The summed E-state index contributed by atoms with van der Waals surface area (Å²) in [6.07, 6.45) is 0. The first-order valence-electron chi connectivity index (χ1n) is 6.45. The number of aliphatic carboxylic acids is 2. The SMILES string of the molecule is CC(C)(C)/C(=N/NC(=S)N/N=C(\C(=O)O)C(C)(C)C)C(=O)O. The van der Waals surface area contributed by atoms with Gasteiger partial charge in [0.2, 0.25) is 5.11 Å². The van der Waals surface area contributed by atoms with Crippen LogP contribution in [-0.4, -0.2) is 38.7 Å². The van der Waals surface area contributed by atoms with Crippen molar-refractivity contribution in [1.82, 2.24) is 10.9 Å². The molecule has 0 amide bonds. The van der Waals surface area contributed by atoms with Crippen molar-refractivity contribution in [2.75, 3.05) is 0 Å². The summed E-state index contributed by atoms with van der Waals surface area (Å²) in [5.74, 6) is -2.35. The van der Waals surface area contributed by atoms with Crippen LogP contribution in [0.5, 0.6) is 0 Å². The molecule has 0 bridgehead atoms. The summed E-state index contributed by atoms with van der Waals surface area (Å²) in [7, 11) is 0. The zero-order chi connectivity index (χ0) is 17.7. The van der Waals surface area contributed by atoms with Crippen molar-refractivity contribution >= 4 is 40.7 Å². The van der Waals surface area contributed by atoms with Crippen LogP contribution in [0.4, 0.5) is 0 Å². The maximum Gasteiger partial charge on any atom is 0.352 e. The first kappa shape index (κ1) is 20.0. The number of hydrogen-bond acceptors (Lipinski definition) is 5. The topological polar surface area (TPSA) is 123 Å². The predicted molar refractivity (Wildman–Crippen MR) is 87.9 cm³/mol. The van der Waals surface area contributed by atoms with Crippen LogP contribution < -0.4 is 10.9 Å². The van der Waals surface area contributed by atoms with Crippen LogP contribution in [0, 0.1) is 10.8 Å². The van der Waals surface area contributed by atoms with E-state index in [1.165, 1.54) is 0 Å². The summed E-state index contributed by atoms with van der Waals surface area (Å²) in [4.78, 5) is 22.2. The molecule has 0 fully saturated rings. The Morgan fingerprint density at radius 3 is 1.27 bits per heavy atom. The molecule has 0 aliphatic carbocycles. The fraction of sp³-hybridized carbons (Fsp3) is 0.615. The molecule has 124 valence electrons. The molecule has 0 spiro atoms.